The smallest absolute Gasteiger partial charge is 0.410 e. The van der Waals surface area contributed by atoms with Gasteiger partial charge in [-0.2, -0.15) is 0 Å². The third-order valence-electron chi connectivity index (χ3n) is 20.5. The maximum absolute atomic E-state index is 14.3. The van der Waals surface area contributed by atoms with Crippen molar-refractivity contribution in [2.75, 3.05) is 39.4 Å². The van der Waals surface area contributed by atoms with E-state index in [1.165, 1.54) is 20.9 Å². The molecule has 2 aromatic rings. The van der Waals surface area contributed by atoms with Gasteiger partial charge in [0.25, 0.3) is 0 Å². The number of esters is 3. The van der Waals surface area contributed by atoms with Crippen molar-refractivity contribution in [3.63, 3.8) is 0 Å². The van der Waals surface area contributed by atoms with Crippen molar-refractivity contribution >= 4 is 83.2 Å². The highest BCUT2D eigenvalue weighted by Crippen LogP contribution is 2.48. The second-order valence-electron chi connectivity index (χ2n) is 27.3. The lowest BCUT2D eigenvalue weighted by Gasteiger charge is -2.29. The Morgan fingerprint density at radius 2 is 0.959 bits per heavy atom. The molecular formula is C72H97Cl2N7O16. The van der Waals surface area contributed by atoms with Gasteiger partial charge < -0.3 is 64.4 Å². The zero-order valence-electron chi connectivity index (χ0n) is 56.0. The number of amides is 6. The summed E-state index contributed by atoms with van der Waals surface area (Å²) in [7, 11) is 0. The lowest BCUT2D eigenvalue weighted by atomic mass is 9.98. The lowest BCUT2D eigenvalue weighted by Crippen LogP contribution is -2.55. The Kier molecular flexibility index (Phi) is 26.3. The molecule has 2 saturated heterocycles. The fourth-order valence-corrected chi connectivity index (χ4v) is 15.0. The highest BCUT2D eigenvalue weighted by molar-refractivity contribution is 6.61. The molecule has 0 bridgehead atoms. The molecule has 0 spiro atoms. The molecule has 97 heavy (non-hydrogen) atoms. The van der Waals surface area contributed by atoms with Crippen LogP contribution in [0.2, 0.25) is 0 Å². The number of nitrogens with zero attached hydrogens (tertiary/aromatic N) is 4. The number of hydrogen-bond donors (Lipinski definition) is 3. The number of carbonyl (C=O) groups is 10. The van der Waals surface area contributed by atoms with Crippen LogP contribution >= 0.6 is 24.0 Å². The summed E-state index contributed by atoms with van der Waals surface area (Å²) in [6.07, 6.45) is 23.4. The molecule has 6 amide bonds. The highest BCUT2D eigenvalue weighted by Gasteiger charge is 2.64. The zero-order chi connectivity index (χ0) is 67.9. The molecule has 2 aromatic carbocycles. The van der Waals surface area contributed by atoms with Gasteiger partial charge in [-0.25, -0.2) is 24.0 Å². The normalized spacial score (nSPS) is 29.6. The second-order valence-corrected chi connectivity index (χ2v) is 27.6. The number of nitrogens with one attached hydrogen (secondary N) is 2. The van der Waals surface area contributed by atoms with Crippen LogP contribution in [0, 0.1) is 17.8 Å². The Labute approximate surface area is 579 Å². The molecule has 0 radical (unpaired) electrons. The van der Waals surface area contributed by atoms with E-state index in [1.54, 1.807) is 23.6 Å². The number of benzene rings is 2. The van der Waals surface area contributed by atoms with E-state index in [4.69, 9.17) is 45.8 Å². The van der Waals surface area contributed by atoms with Crippen LogP contribution in [0.15, 0.2) is 72.8 Å². The molecule has 4 saturated carbocycles. The van der Waals surface area contributed by atoms with Gasteiger partial charge in [0.1, 0.15) is 53.5 Å². The topological polar surface area (TPSA) is 289 Å². The van der Waals surface area contributed by atoms with Crippen LogP contribution in [0.5, 0.6) is 0 Å². The Balaban J connectivity index is 0.000000201. The summed E-state index contributed by atoms with van der Waals surface area (Å²) >= 11 is 5.00. The molecule has 6 fully saturated rings. The molecule has 4 aliphatic carbocycles. The van der Waals surface area contributed by atoms with Gasteiger partial charge in [0.15, 0.2) is 0 Å². The van der Waals surface area contributed by atoms with E-state index in [2.05, 4.69) is 28.8 Å². The largest absolute Gasteiger partial charge is 0.464 e. The minimum atomic E-state index is -1.21. The number of carbonyl (C=O) groups excluding carboxylic acids is 10. The van der Waals surface area contributed by atoms with Crippen molar-refractivity contribution in [3.05, 3.63) is 95.1 Å². The van der Waals surface area contributed by atoms with Gasteiger partial charge in [0.2, 0.25) is 23.6 Å². The Bertz CT molecular complexity index is 3210. The predicted octanol–water partition coefficient (Wildman–Crippen LogP) is 9.37. The fraction of sp³-hybridized carbons (Fsp3) is 0.639. The molecule has 25 heteroatoms. The Morgan fingerprint density at radius 3 is 1.41 bits per heavy atom. The van der Waals surface area contributed by atoms with Gasteiger partial charge in [-0.15, -0.1) is 12.4 Å². The van der Waals surface area contributed by atoms with Gasteiger partial charge in [0, 0.05) is 62.5 Å². The van der Waals surface area contributed by atoms with E-state index >= 15 is 0 Å². The summed E-state index contributed by atoms with van der Waals surface area (Å²) in [5.74, 6) is -4.78. The van der Waals surface area contributed by atoms with Crippen molar-refractivity contribution in [1.82, 2.24) is 30.2 Å². The summed E-state index contributed by atoms with van der Waals surface area (Å²) in [5, 5.41) is 5.87. The van der Waals surface area contributed by atoms with Crippen molar-refractivity contribution in [3.8, 4) is 0 Å². The number of rotatable bonds is 9. The molecule has 6 heterocycles. The summed E-state index contributed by atoms with van der Waals surface area (Å²) in [6.45, 7) is 5.79. The third kappa shape index (κ3) is 18.8. The van der Waals surface area contributed by atoms with Crippen molar-refractivity contribution in [2.24, 2.45) is 23.5 Å². The van der Waals surface area contributed by atoms with E-state index in [0.29, 0.717) is 64.7 Å². The van der Waals surface area contributed by atoms with Crippen LogP contribution in [0.25, 0.3) is 0 Å². The fourth-order valence-electron chi connectivity index (χ4n) is 14.9. The van der Waals surface area contributed by atoms with Crippen LogP contribution < -0.4 is 16.4 Å². The molecule has 23 nitrogen and oxygen atoms in total. The summed E-state index contributed by atoms with van der Waals surface area (Å²) < 4.78 is 33.1. The molecule has 10 aliphatic rings. The monoisotopic (exact) mass is 1390 g/mol. The van der Waals surface area contributed by atoms with Crippen LogP contribution in [-0.2, 0) is 87.9 Å². The van der Waals surface area contributed by atoms with Crippen molar-refractivity contribution in [1.29, 1.82) is 0 Å². The second kappa shape index (κ2) is 34.5. The van der Waals surface area contributed by atoms with Crippen LogP contribution in [0.4, 0.5) is 14.4 Å². The van der Waals surface area contributed by atoms with Gasteiger partial charge in [-0.05, 0) is 152 Å². The van der Waals surface area contributed by atoms with Gasteiger partial charge in [-0.1, -0.05) is 98.5 Å². The van der Waals surface area contributed by atoms with Crippen LogP contribution in [0.3, 0.4) is 0 Å². The number of nitrogens with two attached hydrogens (primary N) is 1. The van der Waals surface area contributed by atoms with E-state index < -0.39 is 101 Å². The summed E-state index contributed by atoms with van der Waals surface area (Å²) in [6, 6.07) is 13.3. The first-order valence-corrected chi connectivity index (χ1v) is 35.6. The number of halogens is 2. The molecule has 6 aliphatic heterocycles. The minimum absolute atomic E-state index is 0. The Morgan fingerprint density at radius 1 is 0.536 bits per heavy atom. The molecule has 10 atom stereocenters. The molecule has 0 aromatic heterocycles. The summed E-state index contributed by atoms with van der Waals surface area (Å²) in [4.78, 5) is 138. The molecule has 12 rings (SSSR count). The van der Waals surface area contributed by atoms with E-state index in [0.717, 1.165) is 114 Å². The first-order valence-electron chi connectivity index (χ1n) is 35.2. The standard InChI is InChI=1S/C36H47N3O8.C30H40N4O6.C6H9ClO2.ClH/c1-2-45-34(43)36-21-26(36)14-6-4-3-5-7-17-29(33(42)46-27-15-10-11-16-27)32(41)39-23-28(20-30(39)31(40)37-36)47-35(44)38-19-18-24-12-8-9-13-25(24)22-38;1-2-39-28(37)30-17-22(30)12-6-4-3-5-7-13-24(31)27(36)34-19-23(16-25(34)26(35)32-30)40-29(38)33-15-14-20-10-8-9-11-21(20)18-33;7-6(8)9-5-3-1-2-4-5;/h6,8-9,12-14,26-30H,2-5,7,10-11,15-23H2,1H3,(H,37,40);6,8-12,22-25H,2-5,7,13-19,31H2,1H3,(H,32,35);5H,1-4H2;1H/b14-6-;12-6-;;/t26-,28-,29?,30+,36-;22-,23-,24+,25+,30-;;/m11../s1. The molecular weight excluding hydrogens is 1290 g/mol. The maximum atomic E-state index is 14.3. The van der Waals surface area contributed by atoms with Crippen molar-refractivity contribution < 1.29 is 76.4 Å². The quantitative estimate of drug-likeness (QED) is 0.0692. The zero-order valence-corrected chi connectivity index (χ0v) is 57.6. The SMILES string of the molecule is CCOC(=O)[C@@]12C[C@H]1/C=C\CCCCCC(C(=O)OC1CCCC1)C(=O)N1C[C@H](OC(=O)N3CCc4ccccc4C3)C[C@H]1C(=O)N2.CCOC(=O)[C@@]12C[C@H]1/C=C\CCCCC[C@H](N)C(=O)N1C[C@H](OC(=O)N3CCc4ccccc4C3)C[C@H]1C(=O)N2.Cl.O=C(Cl)OC1CCCC1. The molecule has 1 unspecified atom stereocenters. The van der Waals surface area contributed by atoms with Gasteiger partial charge >= 0.3 is 35.5 Å². The van der Waals surface area contributed by atoms with Crippen LogP contribution in [0.1, 0.15) is 177 Å². The predicted molar refractivity (Wildman–Crippen MR) is 359 cm³/mol. The Hall–Kier alpha value is -7.24. The number of fused-ring (bicyclic) bond motifs is 6. The number of hydrogen-bond acceptors (Lipinski definition) is 17. The number of ether oxygens (including phenoxy) is 6. The lowest BCUT2D eigenvalue weighted by molar-refractivity contribution is -0.161. The van der Waals surface area contributed by atoms with Gasteiger partial charge in [0.05, 0.1) is 32.3 Å². The van der Waals surface area contributed by atoms with E-state index in [9.17, 15) is 47.9 Å². The first kappa shape index (κ1) is 74.0. The highest BCUT2D eigenvalue weighted by atomic mass is 35.5. The molecule has 530 valence electrons. The van der Waals surface area contributed by atoms with Crippen LogP contribution in [-0.4, -0.2) is 172 Å². The number of allylic oxidation sites excluding steroid dienone is 2. The van der Waals surface area contributed by atoms with E-state index in [1.807, 2.05) is 54.6 Å². The average molecular weight is 1390 g/mol. The summed E-state index contributed by atoms with van der Waals surface area (Å²) in [5.41, 5.74) is 7.84. The first-order chi connectivity index (χ1) is 46.4. The molecule has 4 N–H and O–H groups in total. The van der Waals surface area contributed by atoms with Gasteiger partial charge in [-0.3, -0.25) is 24.0 Å². The maximum Gasteiger partial charge on any atom is 0.410 e. The minimum Gasteiger partial charge on any atom is -0.464 e. The third-order valence-corrected chi connectivity index (χ3v) is 20.6. The average Bonchev–Trinajstić information content (AvgIpc) is 1.59. The van der Waals surface area contributed by atoms with E-state index in [-0.39, 0.29) is 81.5 Å². The van der Waals surface area contributed by atoms with Crippen molar-refractivity contribution in [2.45, 2.75) is 235 Å².